The zero-order valence-corrected chi connectivity index (χ0v) is 13.7. The van der Waals surface area contributed by atoms with Crippen molar-refractivity contribution in [2.45, 2.75) is 18.9 Å². The van der Waals surface area contributed by atoms with Crippen LogP contribution in [-0.2, 0) is 11.2 Å². The molecule has 2 aromatic carbocycles. The highest BCUT2D eigenvalue weighted by molar-refractivity contribution is 9.10. The summed E-state index contributed by atoms with van der Waals surface area (Å²) in [6.07, 6.45) is 1.35. The molecular formula is C16H16BrClN2O. The third-order valence-corrected chi connectivity index (χ3v) is 3.92. The quantitative estimate of drug-likeness (QED) is 0.839. The Balaban J connectivity index is 1.90. The average molecular weight is 368 g/mol. The van der Waals surface area contributed by atoms with Gasteiger partial charge in [0.1, 0.15) is 0 Å². The molecule has 0 spiro atoms. The minimum atomic E-state index is -0.565. The van der Waals surface area contributed by atoms with Gasteiger partial charge in [0.2, 0.25) is 5.91 Å². The lowest BCUT2D eigenvalue weighted by Crippen LogP contribution is -2.36. The standard InChI is InChI=1S/C16H16BrClN2O/c17-12-7-9-15(13(18)10-12)20-16(21)14(19)8-6-11-4-2-1-3-5-11/h1-5,7,9-10,14H,6,8,19H2,(H,20,21)/t14-/m0/s1. The van der Waals surface area contributed by atoms with Crippen LogP contribution < -0.4 is 11.1 Å². The first-order valence-electron chi connectivity index (χ1n) is 6.61. The van der Waals surface area contributed by atoms with Gasteiger partial charge in [-0.15, -0.1) is 0 Å². The van der Waals surface area contributed by atoms with Crippen LogP contribution in [0.5, 0.6) is 0 Å². The highest BCUT2D eigenvalue weighted by atomic mass is 79.9. The molecule has 0 saturated heterocycles. The number of carbonyl (C=O) groups excluding carboxylic acids is 1. The number of carbonyl (C=O) groups is 1. The summed E-state index contributed by atoms with van der Waals surface area (Å²) in [6, 6.07) is 14.7. The van der Waals surface area contributed by atoms with Crippen molar-refractivity contribution in [2.24, 2.45) is 5.73 Å². The zero-order valence-electron chi connectivity index (χ0n) is 11.4. The van der Waals surface area contributed by atoms with E-state index in [9.17, 15) is 4.79 Å². The number of rotatable bonds is 5. The maximum atomic E-state index is 12.1. The Labute approximate surface area is 137 Å². The molecule has 1 atom stereocenters. The molecule has 3 nitrogen and oxygen atoms in total. The molecule has 0 aliphatic carbocycles. The molecule has 1 amide bonds. The maximum Gasteiger partial charge on any atom is 0.241 e. The number of aryl methyl sites for hydroxylation is 1. The van der Waals surface area contributed by atoms with Crippen LogP contribution in [0.1, 0.15) is 12.0 Å². The van der Waals surface area contributed by atoms with Crippen molar-refractivity contribution in [3.8, 4) is 0 Å². The van der Waals surface area contributed by atoms with E-state index in [1.165, 1.54) is 5.56 Å². The fraction of sp³-hybridized carbons (Fsp3) is 0.188. The van der Waals surface area contributed by atoms with Crippen LogP contribution in [0.25, 0.3) is 0 Å². The van der Waals surface area contributed by atoms with Crippen molar-refractivity contribution in [1.29, 1.82) is 0 Å². The van der Waals surface area contributed by atoms with Crippen LogP contribution in [0.2, 0.25) is 5.02 Å². The molecule has 2 rings (SSSR count). The lowest BCUT2D eigenvalue weighted by atomic mass is 10.1. The van der Waals surface area contributed by atoms with E-state index >= 15 is 0 Å². The number of hydrogen-bond donors (Lipinski definition) is 2. The number of anilines is 1. The normalized spacial score (nSPS) is 12.0. The monoisotopic (exact) mass is 366 g/mol. The van der Waals surface area contributed by atoms with Gasteiger partial charge in [-0.3, -0.25) is 4.79 Å². The smallest absolute Gasteiger partial charge is 0.241 e. The summed E-state index contributed by atoms with van der Waals surface area (Å²) in [5, 5.41) is 3.24. The summed E-state index contributed by atoms with van der Waals surface area (Å²) in [7, 11) is 0. The maximum absolute atomic E-state index is 12.1. The van der Waals surface area contributed by atoms with Crippen LogP contribution in [0.15, 0.2) is 53.0 Å². The van der Waals surface area contributed by atoms with Gasteiger partial charge in [0, 0.05) is 4.47 Å². The fourth-order valence-electron chi connectivity index (χ4n) is 1.91. The summed E-state index contributed by atoms with van der Waals surface area (Å²) in [5.74, 6) is -0.227. The first-order valence-corrected chi connectivity index (χ1v) is 7.79. The Morgan fingerprint density at radius 1 is 1.24 bits per heavy atom. The van der Waals surface area contributed by atoms with Crippen LogP contribution >= 0.6 is 27.5 Å². The van der Waals surface area contributed by atoms with E-state index < -0.39 is 6.04 Å². The third-order valence-electron chi connectivity index (χ3n) is 3.11. The number of hydrogen-bond acceptors (Lipinski definition) is 2. The van der Waals surface area contributed by atoms with Gasteiger partial charge >= 0.3 is 0 Å². The molecule has 2 aromatic rings. The zero-order chi connectivity index (χ0) is 15.2. The topological polar surface area (TPSA) is 55.1 Å². The molecule has 0 aliphatic heterocycles. The van der Waals surface area contributed by atoms with Gasteiger partial charge in [0.05, 0.1) is 16.8 Å². The largest absolute Gasteiger partial charge is 0.323 e. The van der Waals surface area contributed by atoms with Gasteiger partial charge in [-0.25, -0.2) is 0 Å². The van der Waals surface area contributed by atoms with Crippen molar-refractivity contribution < 1.29 is 4.79 Å². The Morgan fingerprint density at radius 2 is 1.95 bits per heavy atom. The number of nitrogens with two attached hydrogens (primary N) is 1. The van der Waals surface area contributed by atoms with Crippen LogP contribution in [-0.4, -0.2) is 11.9 Å². The Hall–Kier alpha value is -1.36. The second-order valence-corrected chi connectivity index (χ2v) is 6.07. The molecule has 0 aliphatic rings. The van der Waals surface area contributed by atoms with Gasteiger partial charge in [-0.1, -0.05) is 57.9 Å². The van der Waals surface area contributed by atoms with Crippen LogP contribution in [0.4, 0.5) is 5.69 Å². The lowest BCUT2D eigenvalue weighted by Gasteiger charge is -2.13. The van der Waals surface area contributed by atoms with E-state index in [0.717, 1.165) is 10.9 Å². The van der Waals surface area contributed by atoms with E-state index in [2.05, 4.69) is 21.2 Å². The molecule has 0 saturated carbocycles. The average Bonchev–Trinajstić information content (AvgIpc) is 2.48. The van der Waals surface area contributed by atoms with Gasteiger partial charge in [0.15, 0.2) is 0 Å². The van der Waals surface area contributed by atoms with E-state index in [-0.39, 0.29) is 5.91 Å². The SMILES string of the molecule is N[C@@H](CCc1ccccc1)C(=O)Nc1ccc(Br)cc1Cl. The third kappa shape index (κ3) is 4.84. The minimum absolute atomic E-state index is 0.227. The summed E-state index contributed by atoms with van der Waals surface area (Å²) in [4.78, 5) is 12.1. The molecule has 21 heavy (non-hydrogen) atoms. The lowest BCUT2D eigenvalue weighted by molar-refractivity contribution is -0.117. The molecule has 0 bridgehead atoms. The summed E-state index contributed by atoms with van der Waals surface area (Å²) < 4.78 is 0.860. The number of amides is 1. The van der Waals surface area contributed by atoms with Crippen molar-refractivity contribution in [2.75, 3.05) is 5.32 Å². The Morgan fingerprint density at radius 3 is 2.62 bits per heavy atom. The second-order valence-electron chi connectivity index (χ2n) is 4.74. The fourth-order valence-corrected chi connectivity index (χ4v) is 2.63. The molecule has 110 valence electrons. The molecule has 0 heterocycles. The van der Waals surface area contributed by atoms with Crippen molar-refractivity contribution in [3.63, 3.8) is 0 Å². The highest BCUT2D eigenvalue weighted by Crippen LogP contribution is 2.25. The van der Waals surface area contributed by atoms with Gasteiger partial charge < -0.3 is 11.1 Å². The van der Waals surface area contributed by atoms with Crippen LogP contribution in [0, 0.1) is 0 Å². The number of halogens is 2. The first-order chi connectivity index (χ1) is 10.1. The van der Waals surface area contributed by atoms with Crippen LogP contribution in [0.3, 0.4) is 0 Å². The molecule has 5 heteroatoms. The van der Waals surface area contributed by atoms with Crippen molar-refractivity contribution in [1.82, 2.24) is 0 Å². The Bertz CT molecular complexity index is 619. The Kier molecular flexibility index (Phi) is 5.79. The predicted octanol–water partition coefficient (Wildman–Crippen LogP) is 4.00. The van der Waals surface area contributed by atoms with Gasteiger partial charge in [-0.05, 0) is 36.6 Å². The first kappa shape index (κ1) is 16.0. The van der Waals surface area contributed by atoms with E-state index in [0.29, 0.717) is 17.1 Å². The summed E-state index contributed by atoms with van der Waals surface area (Å²) >= 11 is 9.39. The molecule has 0 aromatic heterocycles. The molecule has 3 N–H and O–H groups in total. The molecule has 0 radical (unpaired) electrons. The number of nitrogens with one attached hydrogen (secondary N) is 1. The number of benzene rings is 2. The van der Waals surface area contributed by atoms with Gasteiger partial charge in [-0.2, -0.15) is 0 Å². The minimum Gasteiger partial charge on any atom is -0.323 e. The van der Waals surface area contributed by atoms with E-state index in [4.69, 9.17) is 17.3 Å². The van der Waals surface area contributed by atoms with E-state index in [1.54, 1.807) is 12.1 Å². The van der Waals surface area contributed by atoms with Crippen molar-refractivity contribution in [3.05, 3.63) is 63.6 Å². The van der Waals surface area contributed by atoms with E-state index in [1.807, 2.05) is 36.4 Å². The molecule has 0 fully saturated rings. The summed E-state index contributed by atoms with van der Waals surface area (Å²) in [5.41, 5.74) is 7.67. The predicted molar refractivity (Wildman–Crippen MR) is 90.5 cm³/mol. The van der Waals surface area contributed by atoms with Gasteiger partial charge in [0.25, 0.3) is 0 Å². The molecule has 0 unspecified atom stereocenters. The summed E-state index contributed by atoms with van der Waals surface area (Å²) in [6.45, 7) is 0. The highest BCUT2D eigenvalue weighted by Gasteiger charge is 2.14. The second kappa shape index (κ2) is 7.59. The molecular weight excluding hydrogens is 352 g/mol. The van der Waals surface area contributed by atoms with Crippen molar-refractivity contribution >= 4 is 39.1 Å².